The zero-order chi connectivity index (χ0) is 18.8. The molecule has 1 aliphatic rings. The number of amides is 1. The van der Waals surface area contributed by atoms with Gasteiger partial charge >= 0.3 is 0 Å². The van der Waals surface area contributed by atoms with Gasteiger partial charge in [0.15, 0.2) is 5.13 Å². The van der Waals surface area contributed by atoms with Crippen LogP contribution < -0.4 is 10.2 Å². The van der Waals surface area contributed by atoms with Gasteiger partial charge in [-0.3, -0.25) is 4.79 Å². The van der Waals surface area contributed by atoms with Crippen molar-refractivity contribution in [2.75, 3.05) is 23.3 Å². The molecular formula is C21H22FN3OS. The van der Waals surface area contributed by atoms with E-state index in [1.54, 1.807) is 6.07 Å². The van der Waals surface area contributed by atoms with E-state index in [1.807, 2.05) is 30.3 Å². The van der Waals surface area contributed by atoms with E-state index in [0.29, 0.717) is 5.52 Å². The fourth-order valence-corrected chi connectivity index (χ4v) is 4.47. The number of hydrogen-bond donors (Lipinski definition) is 1. The Hall–Kier alpha value is -2.47. The van der Waals surface area contributed by atoms with Gasteiger partial charge in [-0.1, -0.05) is 36.5 Å². The van der Waals surface area contributed by atoms with Crippen LogP contribution >= 0.6 is 11.3 Å². The molecule has 1 N–H and O–H groups in total. The van der Waals surface area contributed by atoms with Gasteiger partial charge < -0.3 is 10.2 Å². The third kappa shape index (κ3) is 3.81. The van der Waals surface area contributed by atoms with Crippen LogP contribution in [-0.2, 0) is 11.2 Å². The molecule has 1 aliphatic heterocycles. The molecule has 0 saturated carbocycles. The Morgan fingerprint density at radius 2 is 1.96 bits per heavy atom. The number of fused-ring (bicyclic) bond motifs is 1. The molecule has 1 aromatic heterocycles. The summed E-state index contributed by atoms with van der Waals surface area (Å²) in [6.07, 6.45) is 2.54. The molecule has 1 fully saturated rings. The lowest BCUT2D eigenvalue weighted by Crippen LogP contribution is -2.38. The van der Waals surface area contributed by atoms with Crippen molar-refractivity contribution in [2.45, 2.75) is 26.2 Å². The molecule has 0 aliphatic carbocycles. The molecule has 1 amide bonds. The monoisotopic (exact) mass is 383 g/mol. The quantitative estimate of drug-likeness (QED) is 0.700. The second-order valence-corrected chi connectivity index (χ2v) is 7.89. The molecule has 0 spiro atoms. The Bertz CT molecular complexity index is 946. The van der Waals surface area contributed by atoms with Crippen LogP contribution in [0.3, 0.4) is 0 Å². The van der Waals surface area contributed by atoms with E-state index in [2.05, 4.69) is 22.1 Å². The fraction of sp³-hybridized carbons (Fsp3) is 0.333. The highest BCUT2D eigenvalue weighted by Gasteiger charge is 2.26. The highest BCUT2D eigenvalue weighted by atomic mass is 32.1. The number of para-hydroxylation sites is 1. The van der Waals surface area contributed by atoms with E-state index in [-0.39, 0.29) is 17.6 Å². The summed E-state index contributed by atoms with van der Waals surface area (Å²) in [5.41, 5.74) is 2.54. The second-order valence-electron chi connectivity index (χ2n) is 6.88. The van der Waals surface area contributed by atoms with Crippen LogP contribution in [0, 0.1) is 11.7 Å². The van der Waals surface area contributed by atoms with Crippen LogP contribution in [0.5, 0.6) is 0 Å². The predicted molar refractivity (Wildman–Crippen MR) is 109 cm³/mol. The first-order chi connectivity index (χ1) is 13.1. The molecular weight excluding hydrogens is 361 g/mol. The summed E-state index contributed by atoms with van der Waals surface area (Å²) in [4.78, 5) is 19.2. The number of aromatic nitrogens is 1. The van der Waals surface area contributed by atoms with Gasteiger partial charge in [0, 0.05) is 24.7 Å². The summed E-state index contributed by atoms with van der Waals surface area (Å²) < 4.78 is 14.7. The topological polar surface area (TPSA) is 45.2 Å². The third-order valence-corrected chi connectivity index (χ3v) is 6.21. The molecule has 0 radical (unpaired) electrons. The van der Waals surface area contributed by atoms with E-state index in [1.165, 1.54) is 23.0 Å². The van der Waals surface area contributed by atoms with Crippen LogP contribution in [0.4, 0.5) is 15.2 Å². The van der Waals surface area contributed by atoms with Gasteiger partial charge in [0.25, 0.3) is 0 Å². The van der Waals surface area contributed by atoms with E-state index >= 15 is 0 Å². The number of benzene rings is 2. The van der Waals surface area contributed by atoms with Crippen molar-refractivity contribution < 1.29 is 9.18 Å². The van der Waals surface area contributed by atoms with Crippen molar-refractivity contribution in [2.24, 2.45) is 5.92 Å². The van der Waals surface area contributed by atoms with E-state index < -0.39 is 0 Å². The van der Waals surface area contributed by atoms with Crippen molar-refractivity contribution in [1.82, 2.24) is 4.98 Å². The smallest absolute Gasteiger partial charge is 0.227 e. The number of nitrogens with one attached hydrogen (secondary N) is 1. The van der Waals surface area contributed by atoms with Crippen molar-refractivity contribution in [1.29, 1.82) is 0 Å². The first kappa shape index (κ1) is 17.9. The second kappa shape index (κ2) is 7.64. The van der Waals surface area contributed by atoms with E-state index in [0.717, 1.165) is 47.9 Å². The van der Waals surface area contributed by atoms with Crippen molar-refractivity contribution >= 4 is 38.3 Å². The number of aryl methyl sites for hydroxylation is 1. The van der Waals surface area contributed by atoms with Gasteiger partial charge in [-0.2, -0.15) is 0 Å². The predicted octanol–water partition coefficient (Wildman–Crippen LogP) is 4.85. The van der Waals surface area contributed by atoms with Crippen LogP contribution in [0.15, 0.2) is 42.5 Å². The highest BCUT2D eigenvalue weighted by molar-refractivity contribution is 7.22. The average Bonchev–Trinajstić information content (AvgIpc) is 3.14. The number of hydrogen-bond acceptors (Lipinski definition) is 4. The normalized spacial score (nSPS) is 15.3. The number of anilines is 2. The summed E-state index contributed by atoms with van der Waals surface area (Å²) in [5.74, 6) is -0.203. The summed E-state index contributed by atoms with van der Waals surface area (Å²) in [6, 6.07) is 13.1. The van der Waals surface area contributed by atoms with Gasteiger partial charge in [0.1, 0.15) is 11.3 Å². The molecule has 1 saturated heterocycles. The molecule has 140 valence electrons. The number of halogens is 1. The Morgan fingerprint density at radius 3 is 2.63 bits per heavy atom. The maximum atomic E-state index is 13.9. The first-order valence-electron chi connectivity index (χ1n) is 9.34. The highest BCUT2D eigenvalue weighted by Crippen LogP contribution is 2.32. The number of carbonyl (C=O) groups is 1. The first-order valence-corrected chi connectivity index (χ1v) is 10.2. The lowest BCUT2D eigenvalue weighted by Gasteiger charge is -2.31. The zero-order valence-corrected chi connectivity index (χ0v) is 16.1. The van der Waals surface area contributed by atoms with Crippen molar-refractivity contribution in [3.8, 4) is 0 Å². The molecule has 0 atom stereocenters. The maximum Gasteiger partial charge on any atom is 0.227 e. The lowest BCUT2D eigenvalue weighted by molar-refractivity contribution is -0.120. The molecule has 0 bridgehead atoms. The summed E-state index contributed by atoms with van der Waals surface area (Å²) in [5, 5.41) is 3.86. The van der Waals surface area contributed by atoms with E-state index in [9.17, 15) is 9.18 Å². The Kier molecular flexibility index (Phi) is 5.07. The molecule has 27 heavy (non-hydrogen) atoms. The summed E-state index contributed by atoms with van der Waals surface area (Å²) in [6.45, 7) is 3.63. The number of carbonyl (C=O) groups excluding carboxylic acids is 1. The number of rotatable bonds is 4. The van der Waals surface area contributed by atoms with Gasteiger partial charge in [0.05, 0.1) is 4.70 Å². The van der Waals surface area contributed by atoms with Crippen molar-refractivity contribution in [3.05, 3.63) is 53.8 Å². The summed E-state index contributed by atoms with van der Waals surface area (Å²) >= 11 is 1.51. The van der Waals surface area contributed by atoms with Crippen LogP contribution in [0.1, 0.15) is 25.3 Å². The van der Waals surface area contributed by atoms with Crippen LogP contribution in [0.2, 0.25) is 0 Å². The van der Waals surface area contributed by atoms with Crippen LogP contribution in [0.25, 0.3) is 10.2 Å². The molecule has 0 unspecified atom stereocenters. The average molecular weight is 383 g/mol. The van der Waals surface area contributed by atoms with Gasteiger partial charge in [0.2, 0.25) is 5.91 Å². The maximum absolute atomic E-state index is 13.9. The Balaban J connectivity index is 1.37. The molecule has 3 aromatic rings. The SMILES string of the molecule is CCc1ccc(NC(=O)C2CCN(c3nc4c(F)cccc4s3)CC2)cc1. The van der Waals surface area contributed by atoms with Gasteiger partial charge in [-0.25, -0.2) is 9.37 Å². The minimum Gasteiger partial charge on any atom is -0.348 e. The van der Waals surface area contributed by atoms with Crippen LogP contribution in [-0.4, -0.2) is 24.0 Å². The summed E-state index contributed by atoms with van der Waals surface area (Å²) in [7, 11) is 0. The molecule has 2 aromatic carbocycles. The lowest BCUT2D eigenvalue weighted by atomic mass is 9.96. The molecule has 4 rings (SSSR count). The van der Waals surface area contributed by atoms with Crippen molar-refractivity contribution in [3.63, 3.8) is 0 Å². The number of piperidine rings is 1. The fourth-order valence-electron chi connectivity index (χ4n) is 3.44. The van der Waals surface area contributed by atoms with Gasteiger partial charge in [-0.05, 0) is 49.1 Å². The largest absolute Gasteiger partial charge is 0.348 e. The Labute approximate surface area is 162 Å². The minimum atomic E-state index is -0.279. The molecule has 2 heterocycles. The zero-order valence-electron chi connectivity index (χ0n) is 15.2. The van der Waals surface area contributed by atoms with Gasteiger partial charge in [-0.15, -0.1) is 0 Å². The van der Waals surface area contributed by atoms with E-state index in [4.69, 9.17) is 0 Å². The third-order valence-electron chi connectivity index (χ3n) is 5.12. The molecule has 6 heteroatoms. The number of nitrogens with zero attached hydrogens (tertiary/aromatic N) is 2. The molecule has 4 nitrogen and oxygen atoms in total. The Morgan fingerprint density at radius 1 is 1.22 bits per heavy atom. The standard InChI is InChI=1S/C21H22FN3OS/c1-2-14-6-8-16(9-7-14)23-20(26)15-10-12-25(13-11-15)21-24-19-17(22)4-3-5-18(19)27-21/h3-9,15H,2,10-13H2,1H3,(H,23,26). The number of thiazole rings is 1. The minimum absolute atomic E-state index is 0.00165.